The van der Waals surface area contributed by atoms with Gasteiger partial charge in [0.2, 0.25) is 0 Å². The van der Waals surface area contributed by atoms with Crippen molar-refractivity contribution in [3.8, 4) is 5.69 Å². The summed E-state index contributed by atoms with van der Waals surface area (Å²) in [6, 6.07) is 12.6. The average Bonchev–Trinajstić information content (AvgIpc) is 3.33. The van der Waals surface area contributed by atoms with E-state index in [0.717, 1.165) is 27.9 Å². The summed E-state index contributed by atoms with van der Waals surface area (Å²) < 4.78 is 4.31. The number of carbonyl (C=O) groups is 1. The molecule has 1 aromatic carbocycles. The van der Waals surface area contributed by atoms with E-state index in [2.05, 4.69) is 28.6 Å². The van der Waals surface area contributed by atoms with Gasteiger partial charge in [0.25, 0.3) is 0 Å². The van der Waals surface area contributed by atoms with Crippen LogP contribution in [0.3, 0.4) is 0 Å². The van der Waals surface area contributed by atoms with Crippen LogP contribution in [-0.4, -0.2) is 30.9 Å². The quantitative estimate of drug-likeness (QED) is 0.482. The minimum atomic E-state index is 0.148. The molecule has 2 heterocycles. The molecule has 1 saturated carbocycles. The topological polar surface area (TPSA) is 52.7 Å². The number of aromatic nitrogens is 4. The van der Waals surface area contributed by atoms with E-state index in [1.165, 1.54) is 30.3 Å². The van der Waals surface area contributed by atoms with E-state index in [0.29, 0.717) is 11.8 Å². The first kappa shape index (κ1) is 17.1. The number of benzene rings is 1. The maximum Gasteiger partial charge on any atom is 0.196 e. The van der Waals surface area contributed by atoms with Crippen LogP contribution >= 0.6 is 11.8 Å². The second kappa shape index (κ2) is 6.76. The first-order valence-electron chi connectivity index (χ1n) is 8.88. The molecule has 6 heteroatoms. The van der Waals surface area contributed by atoms with Gasteiger partial charge in [-0.1, -0.05) is 30.0 Å². The number of nitrogens with zero attached hydrogens (tertiary/aromatic N) is 4. The van der Waals surface area contributed by atoms with Crippen molar-refractivity contribution in [2.45, 2.75) is 44.8 Å². The minimum Gasteiger partial charge on any atom is -0.345 e. The lowest BCUT2D eigenvalue weighted by Gasteiger charge is -2.08. The van der Waals surface area contributed by atoms with Gasteiger partial charge < -0.3 is 4.57 Å². The zero-order chi connectivity index (χ0) is 18.3. The van der Waals surface area contributed by atoms with Crippen molar-refractivity contribution in [2.24, 2.45) is 0 Å². The number of hydrogen-bond donors (Lipinski definition) is 0. The molecule has 0 bridgehead atoms. The fourth-order valence-electron chi connectivity index (χ4n) is 3.47. The van der Waals surface area contributed by atoms with E-state index in [4.69, 9.17) is 0 Å². The summed E-state index contributed by atoms with van der Waals surface area (Å²) in [4.78, 5) is 12.8. The number of ketones is 1. The van der Waals surface area contributed by atoms with Crippen molar-refractivity contribution in [1.29, 1.82) is 0 Å². The van der Waals surface area contributed by atoms with Crippen LogP contribution < -0.4 is 0 Å². The van der Waals surface area contributed by atoms with Gasteiger partial charge in [0, 0.05) is 28.7 Å². The van der Waals surface area contributed by atoms with Gasteiger partial charge in [-0.15, -0.1) is 10.2 Å². The fourth-order valence-corrected chi connectivity index (χ4v) is 4.35. The smallest absolute Gasteiger partial charge is 0.196 e. The van der Waals surface area contributed by atoms with Crippen LogP contribution in [0.25, 0.3) is 5.69 Å². The molecule has 0 N–H and O–H groups in total. The Morgan fingerprint density at radius 3 is 2.58 bits per heavy atom. The first-order chi connectivity index (χ1) is 12.6. The van der Waals surface area contributed by atoms with Crippen molar-refractivity contribution >= 4 is 17.5 Å². The Morgan fingerprint density at radius 2 is 1.88 bits per heavy atom. The second-order valence-electron chi connectivity index (χ2n) is 6.80. The van der Waals surface area contributed by atoms with Gasteiger partial charge in [-0.05, 0) is 51.8 Å². The summed E-state index contributed by atoms with van der Waals surface area (Å²) in [5.41, 5.74) is 4.12. The lowest BCUT2D eigenvalue weighted by Crippen LogP contribution is -2.07. The second-order valence-corrected chi connectivity index (χ2v) is 7.74. The third kappa shape index (κ3) is 3.09. The molecule has 1 aliphatic rings. The molecule has 0 radical (unpaired) electrons. The Morgan fingerprint density at radius 1 is 1.15 bits per heavy atom. The highest BCUT2D eigenvalue weighted by Gasteiger charge is 2.28. The average molecular weight is 366 g/mol. The number of rotatable bonds is 6. The number of Topliss-reactive ketones (excluding diaryl/α,β-unsaturated/α-hetero) is 1. The highest BCUT2D eigenvalue weighted by molar-refractivity contribution is 7.99. The Bertz CT molecular complexity index is 954. The summed E-state index contributed by atoms with van der Waals surface area (Å²) in [5.74, 6) is 1.33. The fraction of sp³-hybridized carbons (Fsp3) is 0.350. The number of thioether (sulfide) groups is 1. The summed E-state index contributed by atoms with van der Waals surface area (Å²) >= 11 is 1.44. The van der Waals surface area contributed by atoms with E-state index in [-0.39, 0.29) is 5.78 Å². The molecule has 2 aromatic heterocycles. The molecule has 0 saturated heterocycles. The van der Waals surface area contributed by atoms with Crippen LogP contribution in [-0.2, 0) is 0 Å². The van der Waals surface area contributed by atoms with Crippen LogP contribution in [0.4, 0.5) is 0 Å². The number of carbonyl (C=O) groups excluding carboxylic acids is 1. The summed E-state index contributed by atoms with van der Waals surface area (Å²) in [7, 11) is 0. The molecule has 0 unspecified atom stereocenters. The standard InChI is InChI=1S/C20H22N4OS/c1-13-11-18(14(2)23(13)17-9-10-17)19(25)12-26-20-22-21-15(3)24(20)16-7-5-4-6-8-16/h4-8,11,17H,9-10,12H2,1-3H3. The highest BCUT2D eigenvalue weighted by Crippen LogP contribution is 2.38. The molecule has 5 nitrogen and oxygen atoms in total. The Labute approximate surface area is 157 Å². The number of aryl methyl sites for hydroxylation is 2. The molecule has 134 valence electrons. The van der Waals surface area contributed by atoms with E-state index >= 15 is 0 Å². The minimum absolute atomic E-state index is 0.148. The van der Waals surface area contributed by atoms with Crippen molar-refractivity contribution in [1.82, 2.24) is 19.3 Å². The van der Waals surface area contributed by atoms with Crippen LogP contribution in [0.5, 0.6) is 0 Å². The van der Waals surface area contributed by atoms with Gasteiger partial charge in [0.05, 0.1) is 5.75 Å². The van der Waals surface area contributed by atoms with Crippen LogP contribution in [0.1, 0.15) is 46.5 Å². The normalized spacial score (nSPS) is 14.0. The van der Waals surface area contributed by atoms with Gasteiger partial charge in [-0.2, -0.15) is 0 Å². The summed E-state index contributed by atoms with van der Waals surface area (Å²) in [6.45, 7) is 6.07. The van der Waals surface area contributed by atoms with E-state index in [1.54, 1.807) is 0 Å². The maximum absolute atomic E-state index is 12.8. The van der Waals surface area contributed by atoms with Crippen molar-refractivity contribution in [3.05, 3.63) is 59.2 Å². The summed E-state index contributed by atoms with van der Waals surface area (Å²) in [5, 5.41) is 9.20. The molecule has 4 rings (SSSR count). The molecule has 0 amide bonds. The lowest BCUT2D eigenvalue weighted by molar-refractivity contribution is 0.102. The van der Waals surface area contributed by atoms with Crippen molar-refractivity contribution < 1.29 is 4.79 Å². The molecule has 26 heavy (non-hydrogen) atoms. The third-order valence-corrected chi connectivity index (χ3v) is 5.77. The molecule has 3 aromatic rings. The van der Waals surface area contributed by atoms with Gasteiger partial charge >= 0.3 is 0 Å². The van der Waals surface area contributed by atoms with E-state index in [1.807, 2.05) is 47.9 Å². The zero-order valence-electron chi connectivity index (χ0n) is 15.3. The van der Waals surface area contributed by atoms with Crippen molar-refractivity contribution in [3.63, 3.8) is 0 Å². The van der Waals surface area contributed by atoms with Gasteiger partial charge in [-0.25, -0.2) is 0 Å². The van der Waals surface area contributed by atoms with Gasteiger partial charge in [0.15, 0.2) is 10.9 Å². The molecular formula is C20H22N4OS. The van der Waals surface area contributed by atoms with Gasteiger partial charge in [0.1, 0.15) is 5.82 Å². The predicted octanol–water partition coefficient (Wildman–Crippen LogP) is 4.30. The third-order valence-electron chi connectivity index (χ3n) is 4.84. The number of hydrogen-bond acceptors (Lipinski definition) is 4. The van der Waals surface area contributed by atoms with E-state index < -0.39 is 0 Å². The van der Waals surface area contributed by atoms with Crippen LogP contribution in [0.2, 0.25) is 0 Å². The van der Waals surface area contributed by atoms with E-state index in [9.17, 15) is 4.79 Å². The Balaban J connectivity index is 1.54. The predicted molar refractivity (Wildman–Crippen MR) is 103 cm³/mol. The summed E-state index contributed by atoms with van der Waals surface area (Å²) in [6.07, 6.45) is 2.44. The monoisotopic (exact) mass is 366 g/mol. The Kier molecular flexibility index (Phi) is 4.44. The molecular weight excluding hydrogens is 344 g/mol. The molecule has 1 fully saturated rings. The molecule has 0 aliphatic heterocycles. The van der Waals surface area contributed by atoms with Gasteiger partial charge in [-0.3, -0.25) is 9.36 Å². The molecule has 0 atom stereocenters. The largest absolute Gasteiger partial charge is 0.345 e. The zero-order valence-corrected chi connectivity index (χ0v) is 16.1. The lowest BCUT2D eigenvalue weighted by atomic mass is 10.2. The molecule has 1 aliphatic carbocycles. The van der Waals surface area contributed by atoms with Crippen LogP contribution in [0, 0.1) is 20.8 Å². The SMILES string of the molecule is Cc1nnc(SCC(=O)c2cc(C)n(C3CC3)c2C)n1-c1ccccc1. The molecule has 0 spiro atoms. The highest BCUT2D eigenvalue weighted by atomic mass is 32.2. The first-order valence-corrected chi connectivity index (χ1v) is 9.86. The van der Waals surface area contributed by atoms with Crippen molar-refractivity contribution in [2.75, 3.05) is 5.75 Å². The Hall–Kier alpha value is -2.34. The maximum atomic E-state index is 12.8. The number of para-hydroxylation sites is 1. The van der Waals surface area contributed by atoms with Crippen LogP contribution in [0.15, 0.2) is 41.6 Å².